The Balaban J connectivity index is 2.66. The van der Waals surface area contributed by atoms with E-state index >= 15 is 0 Å². The summed E-state index contributed by atoms with van der Waals surface area (Å²) in [7, 11) is 0. The summed E-state index contributed by atoms with van der Waals surface area (Å²) in [5, 5.41) is 3.99. The standard InChI is InChI=1S/C11H15Cl2N3O4/c1-11(2,3)20-10(19)14-4-5-16-9(18)7(13)6(12)8(17)15-16/h4-5H2,1-3H3,(H,14,19)(H,15,17). The Kier molecular flexibility index (Phi) is 5.24. The van der Waals surface area contributed by atoms with Crippen LogP contribution in [0.5, 0.6) is 0 Å². The van der Waals surface area contributed by atoms with Gasteiger partial charge in [0.05, 0.1) is 6.54 Å². The van der Waals surface area contributed by atoms with E-state index in [2.05, 4.69) is 10.4 Å². The number of nitrogens with zero attached hydrogens (tertiary/aromatic N) is 1. The third-order valence-corrected chi connectivity index (χ3v) is 2.87. The highest BCUT2D eigenvalue weighted by molar-refractivity contribution is 6.41. The van der Waals surface area contributed by atoms with Crippen LogP contribution in [0.1, 0.15) is 20.8 Å². The van der Waals surface area contributed by atoms with E-state index in [-0.39, 0.29) is 23.1 Å². The zero-order valence-corrected chi connectivity index (χ0v) is 12.8. The number of carbonyl (C=O) groups excluding carboxylic acids is 1. The maximum absolute atomic E-state index is 11.7. The molecule has 2 N–H and O–H groups in total. The largest absolute Gasteiger partial charge is 0.444 e. The minimum absolute atomic E-state index is 0.0319. The van der Waals surface area contributed by atoms with Gasteiger partial charge in [0.25, 0.3) is 11.1 Å². The molecule has 1 aromatic rings. The molecule has 0 spiro atoms. The van der Waals surface area contributed by atoms with Crippen molar-refractivity contribution in [2.24, 2.45) is 0 Å². The number of halogens is 2. The summed E-state index contributed by atoms with van der Waals surface area (Å²) in [5.74, 6) is 0. The molecule has 0 saturated carbocycles. The van der Waals surface area contributed by atoms with Crippen LogP contribution in [0.4, 0.5) is 4.79 Å². The maximum atomic E-state index is 11.7. The maximum Gasteiger partial charge on any atom is 0.407 e. The number of aromatic nitrogens is 2. The van der Waals surface area contributed by atoms with E-state index in [0.717, 1.165) is 4.68 Å². The van der Waals surface area contributed by atoms with Crippen molar-refractivity contribution in [1.29, 1.82) is 0 Å². The molecule has 9 heteroatoms. The predicted molar refractivity (Wildman–Crippen MR) is 75.6 cm³/mol. The predicted octanol–water partition coefficient (Wildman–Crippen LogP) is 1.37. The number of H-pyrrole nitrogens is 1. The third kappa shape index (κ3) is 4.57. The number of aromatic amines is 1. The van der Waals surface area contributed by atoms with E-state index in [0.29, 0.717) is 0 Å². The van der Waals surface area contributed by atoms with Gasteiger partial charge in [0, 0.05) is 6.54 Å². The molecule has 7 nitrogen and oxygen atoms in total. The Labute approximate surface area is 124 Å². The molecule has 1 aromatic heterocycles. The van der Waals surface area contributed by atoms with Crippen molar-refractivity contribution in [2.45, 2.75) is 32.9 Å². The Morgan fingerprint density at radius 3 is 2.45 bits per heavy atom. The second-order valence-electron chi connectivity index (χ2n) is 4.95. The summed E-state index contributed by atoms with van der Waals surface area (Å²) < 4.78 is 5.98. The molecule has 0 fully saturated rings. The van der Waals surface area contributed by atoms with Crippen LogP contribution in [0.3, 0.4) is 0 Å². The molecule has 0 aromatic carbocycles. The normalized spacial score (nSPS) is 11.2. The van der Waals surface area contributed by atoms with Gasteiger partial charge in [-0.05, 0) is 20.8 Å². The highest BCUT2D eigenvalue weighted by Crippen LogP contribution is 2.10. The lowest BCUT2D eigenvalue weighted by Crippen LogP contribution is -2.37. The van der Waals surface area contributed by atoms with Crippen molar-refractivity contribution in [3.63, 3.8) is 0 Å². The van der Waals surface area contributed by atoms with Crippen molar-refractivity contribution in [2.75, 3.05) is 6.54 Å². The molecule has 1 heterocycles. The van der Waals surface area contributed by atoms with Gasteiger partial charge in [-0.2, -0.15) is 0 Å². The van der Waals surface area contributed by atoms with Crippen LogP contribution in [0.25, 0.3) is 0 Å². The van der Waals surface area contributed by atoms with E-state index in [4.69, 9.17) is 27.9 Å². The average molecular weight is 324 g/mol. The molecular weight excluding hydrogens is 309 g/mol. The quantitative estimate of drug-likeness (QED) is 0.878. The first-order valence-corrected chi connectivity index (χ1v) is 6.52. The molecule has 1 amide bonds. The fourth-order valence-corrected chi connectivity index (χ4v) is 1.59. The lowest BCUT2D eigenvalue weighted by Gasteiger charge is -2.19. The Morgan fingerprint density at radius 1 is 1.30 bits per heavy atom. The lowest BCUT2D eigenvalue weighted by molar-refractivity contribution is 0.0525. The van der Waals surface area contributed by atoms with Gasteiger partial charge in [-0.15, -0.1) is 0 Å². The molecule has 0 unspecified atom stereocenters. The number of hydrogen-bond donors (Lipinski definition) is 2. The SMILES string of the molecule is CC(C)(C)OC(=O)NCCn1[nH]c(=O)c(Cl)c(Cl)c1=O. The molecule has 0 radical (unpaired) electrons. The summed E-state index contributed by atoms with van der Waals surface area (Å²) in [4.78, 5) is 34.4. The highest BCUT2D eigenvalue weighted by atomic mass is 35.5. The summed E-state index contributed by atoms with van der Waals surface area (Å²) >= 11 is 11.2. The van der Waals surface area contributed by atoms with Gasteiger partial charge in [0.2, 0.25) is 0 Å². The van der Waals surface area contributed by atoms with Gasteiger partial charge < -0.3 is 10.1 Å². The zero-order chi connectivity index (χ0) is 15.5. The molecule has 0 aliphatic carbocycles. The Hall–Kier alpha value is -1.47. The number of amides is 1. The molecule has 0 bridgehead atoms. The summed E-state index contributed by atoms with van der Waals surface area (Å²) in [6.07, 6.45) is -0.618. The molecule has 1 rings (SSSR count). The third-order valence-electron chi connectivity index (χ3n) is 2.07. The van der Waals surface area contributed by atoms with Crippen LogP contribution >= 0.6 is 23.2 Å². The van der Waals surface area contributed by atoms with E-state index in [1.54, 1.807) is 20.8 Å². The molecule has 0 saturated heterocycles. The van der Waals surface area contributed by atoms with Crippen molar-refractivity contribution >= 4 is 29.3 Å². The fourth-order valence-electron chi connectivity index (χ4n) is 1.28. The average Bonchev–Trinajstić information content (AvgIpc) is 2.30. The number of alkyl carbamates (subject to hydrolysis) is 1. The molecule has 112 valence electrons. The molecular formula is C11H15Cl2N3O4. The number of carbonyl (C=O) groups is 1. The highest BCUT2D eigenvalue weighted by Gasteiger charge is 2.16. The number of ether oxygens (including phenoxy) is 1. The Morgan fingerprint density at radius 2 is 1.90 bits per heavy atom. The van der Waals surface area contributed by atoms with Crippen molar-refractivity contribution in [3.05, 3.63) is 30.8 Å². The number of hydrogen-bond acceptors (Lipinski definition) is 4. The minimum atomic E-state index is -0.673. The summed E-state index contributed by atoms with van der Waals surface area (Å²) in [6, 6.07) is 0. The summed E-state index contributed by atoms with van der Waals surface area (Å²) in [6.45, 7) is 5.31. The van der Waals surface area contributed by atoms with Gasteiger partial charge in [0.15, 0.2) is 0 Å². The number of rotatable bonds is 3. The number of nitrogens with one attached hydrogen (secondary N) is 2. The summed E-state index contributed by atoms with van der Waals surface area (Å²) in [5.41, 5.74) is -1.92. The molecule has 0 aliphatic rings. The van der Waals surface area contributed by atoms with Crippen LogP contribution in [0, 0.1) is 0 Å². The molecule has 20 heavy (non-hydrogen) atoms. The van der Waals surface area contributed by atoms with Gasteiger partial charge >= 0.3 is 6.09 Å². The topological polar surface area (TPSA) is 93.2 Å². The van der Waals surface area contributed by atoms with Gasteiger partial charge in [-0.25, -0.2) is 9.48 Å². The monoisotopic (exact) mass is 323 g/mol. The minimum Gasteiger partial charge on any atom is -0.444 e. The van der Waals surface area contributed by atoms with Crippen LogP contribution in [-0.4, -0.2) is 28.0 Å². The second kappa shape index (κ2) is 6.32. The smallest absolute Gasteiger partial charge is 0.407 e. The van der Waals surface area contributed by atoms with Crippen LogP contribution in [0.2, 0.25) is 10.0 Å². The lowest BCUT2D eigenvalue weighted by atomic mass is 10.2. The van der Waals surface area contributed by atoms with E-state index in [1.165, 1.54) is 0 Å². The molecule has 0 aliphatic heterocycles. The van der Waals surface area contributed by atoms with Crippen molar-refractivity contribution in [3.8, 4) is 0 Å². The van der Waals surface area contributed by atoms with Crippen molar-refractivity contribution in [1.82, 2.24) is 15.1 Å². The van der Waals surface area contributed by atoms with Crippen LogP contribution < -0.4 is 16.4 Å². The second-order valence-corrected chi connectivity index (χ2v) is 5.71. The van der Waals surface area contributed by atoms with Gasteiger partial charge in [0.1, 0.15) is 15.6 Å². The molecule has 0 atom stereocenters. The van der Waals surface area contributed by atoms with Crippen LogP contribution in [0.15, 0.2) is 9.59 Å². The van der Waals surface area contributed by atoms with Gasteiger partial charge in [-0.3, -0.25) is 14.7 Å². The van der Waals surface area contributed by atoms with E-state index in [1.807, 2.05) is 0 Å². The van der Waals surface area contributed by atoms with E-state index < -0.39 is 22.8 Å². The first kappa shape index (κ1) is 16.6. The van der Waals surface area contributed by atoms with Gasteiger partial charge in [-0.1, -0.05) is 23.2 Å². The fraction of sp³-hybridized carbons (Fsp3) is 0.545. The zero-order valence-electron chi connectivity index (χ0n) is 11.3. The first-order chi connectivity index (χ1) is 9.11. The van der Waals surface area contributed by atoms with Crippen molar-refractivity contribution < 1.29 is 9.53 Å². The Bertz CT molecular complexity index is 616. The first-order valence-electron chi connectivity index (χ1n) is 5.77. The van der Waals surface area contributed by atoms with E-state index in [9.17, 15) is 14.4 Å². The van der Waals surface area contributed by atoms with Crippen LogP contribution in [-0.2, 0) is 11.3 Å².